The first-order valence-electron chi connectivity index (χ1n) is 10.0. The van der Waals surface area contributed by atoms with Crippen LogP contribution in [0.3, 0.4) is 0 Å². The summed E-state index contributed by atoms with van der Waals surface area (Å²) in [6.45, 7) is 2.60. The highest BCUT2D eigenvalue weighted by molar-refractivity contribution is 7.17. The number of nitrogens with zero attached hydrogens (tertiary/aromatic N) is 3. The van der Waals surface area contributed by atoms with Gasteiger partial charge in [0.05, 0.1) is 5.69 Å². The molecule has 2 aromatic heterocycles. The molecular weight excluding hydrogens is 399 g/mol. The third-order valence-electron chi connectivity index (χ3n) is 5.00. The van der Waals surface area contributed by atoms with E-state index < -0.39 is 0 Å². The maximum Gasteiger partial charge on any atom is 0.220 e. The number of aromatic nitrogens is 3. The van der Waals surface area contributed by atoms with Crippen molar-refractivity contribution >= 4 is 22.2 Å². The van der Waals surface area contributed by atoms with Gasteiger partial charge in [-0.3, -0.25) is 4.79 Å². The molecule has 30 heavy (non-hydrogen) atoms. The Hall–Kier alpha value is -3.06. The van der Waals surface area contributed by atoms with E-state index in [2.05, 4.69) is 27.5 Å². The molecule has 0 bridgehead atoms. The zero-order chi connectivity index (χ0) is 20.9. The predicted octanol–water partition coefficient (Wildman–Crippen LogP) is 4.59. The molecule has 0 aliphatic heterocycles. The number of thiazole rings is 1. The van der Waals surface area contributed by atoms with Crippen LogP contribution in [0.4, 0.5) is 4.39 Å². The minimum absolute atomic E-state index is 0.0849. The van der Waals surface area contributed by atoms with Crippen molar-refractivity contribution in [2.45, 2.75) is 32.6 Å². The second-order valence-electron chi connectivity index (χ2n) is 7.19. The summed E-state index contributed by atoms with van der Waals surface area (Å²) in [6.07, 6.45) is 3.04. The first kappa shape index (κ1) is 20.2. The Balaban J connectivity index is 1.29. The molecule has 0 radical (unpaired) electrons. The summed E-state index contributed by atoms with van der Waals surface area (Å²) in [5, 5.41) is 7.56. The number of halogens is 1. The van der Waals surface area contributed by atoms with Gasteiger partial charge in [0.25, 0.3) is 0 Å². The molecule has 7 heteroatoms. The molecule has 0 atom stereocenters. The molecule has 0 fully saturated rings. The predicted molar refractivity (Wildman–Crippen MR) is 117 cm³/mol. The van der Waals surface area contributed by atoms with Crippen LogP contribution < -0.4 is 5.32 Å². The first-order valence-corrected chi connectivity index (χ1v) is 10.8. The molecule has 2 aromatic carbocycles. The molecular formula is C23H23FN4OS. The maximum absolute atomic E-state index is 13.1. The summed E-state index contributed by atoms with van der Waals surface area (Å²) in [4.78, 5) is 18.6. The van der Waals surface area contributed by atoms with Crippen molar-refractivity contribution in [3.05, 3.63) is 76.5 Å². The number of amides is 1. The van der Waals surface area contributed by atoms with Gasteiger partial charge in [-0.2, -0.15) is 4.98 Å². The molecule has 4 rings (SSSR count). The number of hydrogen-bond acceptors (Lipinski definition) is 4. The minimum Gasteiger partial charge on any atom is -0.356 e. The Morgan fingerprint density at radius 2 is 1.87 bits per heavy atom. The van der Waals surface area contributed by atoms with E-state index in [1.165, 1.54) is 17.7 Å². The molecule has 0 spiro atoms. The van der Waals surface area contributed by atoms with Gasteiger partial charge < -0.3 is 5.32 Å². The summed E-state index contributed by atoms with van der Waals surface area (Å²) >= 11 is 1.57. The molecule has 1 amide bonds. The quantitative estimate of drug-likeness (QED) is 0.452. The second-order valence-corrected chi connectivity index (χ2v) is 8.25. The summed E-state index contributed by atoms with van der Waals surface area (Å²) in [7, 11) is 0. The molecule has 0 aliphatic rings. The summed E-state index contributed by atoms with van der Waals surface area (Å²) in [5.41, 5.74) is 3.07. The normalized spacial score (nSPS) is 11.1. The van der Waals surface area contributed by atoms with Gasteiger partial charge in [0.2, 0.25) is 10.9 Å². The Labute approximate surface area is 178 Å². The fourth-order valence-electron chi connectivity index (χ4n) is 3.34. The van der Waals surface area contributed by atoms with Crippen LogP contribution >= 0.6 is 11.3 Å². The highest BCUT2D eigenvalue weighted by Crippen LogP contribution is 2.25. The van der Waals surface area contributed by atoms with Crippen LogP contribution in [0, 0.1) is 12.7 Å². The van der Waals surface area contributed by atoms with Gasteiger partial charge in [-0.25, -0.2) is 8.91 Å². The smallest absolute Gasteiger partial charge is 0.220 e. The Bertz CT molecular complexity index is 1140. The lowest BCUT2D eigenvalue weighted by atomic mass is 10.1. The number of nitrogens with one attached hydrogen (secondary N) is 1. The van der Waals surface area contributed by atoms with Crippen molar-refractivity contribution in [3.63, 3.8) is 0 Å². The fraction of sp³-hybridized carbons (Fsp3) is 0.261. The van der Waals surface area contributed by atoms with Gasteiger partial charge in [0.1, 0.15) is 5.82 Å². The number of benzene rings is 2. The highest BCUT2D eigenvalue weighted by atomic mass is 32.1. The standard InChI is InChI=1S/C23H23FN4OS/c1-16-20(14-15-25-21(29)9-5-8-17-6-3-2-4-7-17)30-23-26-22(27-28(16)23)18-10-12-19(24)13-11-18/h2-4,6-7,10-13H,5,8-9,14-15H2,1H3,(H,25,29). The topological polar surface area (TPSA) is 59.3 Å². The second kappa shape index (κ2) is 9.17. The number of aryl methyl sites for hydroxylation is 2. The largest absolute Gasteiger partial charge is 0.356 e. The summed E-state index contributed by atoms with van der Waals surface area (Å²) < 4.78 is 14.9. The van der Waals surface area contributed by atoms with Gasteiger partial charge in [-0.15, -0.1) is 5.10 Å². The van der Waals surface area contributed by atoms with E-state index in [0.717, 1.165) is 40.4 Å². The van der Waals surface area contributed by atoms with Crippen LogP contribution in [0.1, 0.15) is 29.0 Å². The van der Waals surface area contributed by atoms with Crippen LogP contribution in [0.5, 0.6) is 0 Å². The highest BCUT2D eigenvalue weighted by Gasteiger charge is 2.14. The van der Waals surface area contributed by atoms with Crippen molar-refractivity contribution in [2.75, 3.05) is 6.54 Å². The van der Waals surface area contributed by atoms with Gasteiger partial charge in [-0.05, 0) is 49.6 Å². The van der Waals surface area contributed by atoms with Crippen LogP contribution in [0.25, 0.3) is 16.3 Å². The van der Waals surface area contributed by atoms with Crippen molar-refractivity contribution in [2.24, 2.45) is 0 Å². The van der Waals surface area contributed by atoms with Crippen LogP contribution in [-0.2, 0) is 17.6 Å². The minimum atomic E-state index is -0.277. The third-order valence-corrected chi connectivity index (χ3v) is 6.19. The average Bonchev–Trinajstić information content (AvgIpc) is 3.29. The lowest BCUT2D eigenvalue weighted by molar-refractivity contribution is -0.121. The van der Waals surface area contributed by atoms with Crippen molar-refractivity contribution < 1.29 is 9.18 Å². The number of rotatable bonds is 8. The zero-order valence-electron chi connectivity index (χ0n) is 16.8. The monoisotopic (exact) mass is 422 g/mol. The third kappa shape index (κ3) is 4.74. The Morgan fingerprint density at radius 3 is 2.60 bits per heavy atom. The molecule has 0 unspecified atom stereocenters. The molecule has 0 saturated heterocycles. The van der Waals surface area contributed by atoms with E-state index in [1.807, 2.05) is 29.6 Å². The van der Waals surface area contributed by atoms with Gasteiger partial charge in [0, 0.05) is 29.8 Å². The van der Waals surface area contributed by atoms with Crippen molar-refractivity contribution in [3.8, 4) is 11.4 Å². The first-order chi connectivity index (χ1) is 14.6. The lowest BCUT2D eigenvalue weighted by Crippen LogP contribution is -2.25. The van der Waals surface area contributed by atoms with Gasteiger partial charge in [0.15, 0.2) is 5.82 Å². The lowest BCUT2D eigenvalue weighted by Gasteiger charge is -2.05. The SMILES string of the molecule is Cc1c(CCNC(=O)CCCc2ccccc2)sc2nc(-c3ccc(F)cc3)nn12. The number of carbonyl (C=O) groups is 1. The van der Waals surface area contributed by atoms with E-state index >= 15 is 0 Å². The maximum atomic E-state index is 13.1. The van der Waals surface area contributed by atoms with E-state index in [4.69, 9.17) is 0 Å². The molecule has 0 aliphatic carbocycles. The van der Waals surface area contributed by atoms with Crippen LogP contribution in [0.15, 0.2) is 54.6 Å². The molecule has 4 aromatic rings. The molecule has 1 N–H and O–H groups in total. The van der Waals surface area contributed by atoms with Gasteiger partial charge >= 0.3 is 0 Å². The summed E-state index contributed by atoms with van der Waals surface area (Å²) in [5.74, 6) is 0.393. The summed E-state index contributed by atoms with van der Waals surface area (Å²) in [6, 6.07) is 16.4. The van der Waals surface area contributed by atoms with E-state index in [9.17, 15) is 9.18 Å². The average molecular weight is 423 g/mol. The van der Waals surface area contributed by atoms with E-state index in [-0.39, 0.29) is 11.7 Å². The van der Waals surface area contributed by atoms with Crippen molar-refractivity contribution in [1.82, 2.24) is 19.9 Å². The Kier molecular flexibility index (Phi) is 6.18. The molecule has 2 heterocycles. The number of carbonyl (C=O) groups excluding carboxylic acids is 1. The van der Waals surface area contributed by atoms with Crippen LogP contribution in [0.2, 0.25) is 0 Å². The zero-order valence-corrected chi connectivity index (χ0v) is 17.6. The molecule has 154 valence electrons. The Morgan fingerprint density at radius 1 is 1.10 bits per heavy atom. The molecule has 5 nitrogen and oxygen atoms in total. The van der Waals surface area contributed by atoms with Gasteiger partial charge in [-0.1, -0.05) is 41.7 Å². The number of hydrogen-bond donors (Lipinski definition) is 1. The van der Waals surface area contributed by atoms with Crippen LogP contribution in [-0.4, -0.2) is 27.0 Å². The fourth-order valence-corrected chi connectivity index (χ4v) is 4.39. The van der Waals surface area contributed by atoms with E-state index in [1.54, 1.807) is 23.5 Å². The van der Waals surface area contributed by atoms with Crippen molar-refractivity contribution in [1.29, 1.82) is 0 Å². The van der Waals surface area contributed by atoms with E-state index in [0.29, 0.717) is 18.8 Å². The number of fused-ring (bicyclic) bond motifs is 1. The molecule has 0 saturated carbocycles.